The number of hydrogen-bond donors (Lipinski definition) is 0. The first-order chi connectivity index (χ1) is 6.65. The van der Waals surface area contributed by atoms with Gasteiger partial charge in [0.05, 0.1) is 22.0 Å². The number of fused-ring (bicyclic) bond motifs is 1. The van der Waals surface area contributed by atoms with Gasteiger partial charge in [-0.05, 0) is 6.92 Å². The summed E-state index contributed by atoms with van der Waals surface area (Å²) in [6, 6.07) is 0. The third-order valence-corrected chi connectivity index (χ3v) is 2.90. The molecule has 0 saturated heterocycles. The molecule has 0 aliphatic rings. The van der Waals surface area contributed by atoms with Gasteiger partial charge in [-0.15, -0.1) is 11.6 Å². The van der Waals surface area contributed by atoms with Crippen LogP contribution in [0.25, 0.3) is 11.0 Å². The van der Waals surface area contributed by atoms with Crippen molar-refractivity contribution >= 4 is 34.2 Å². The van der Waals surface area contributed by atoms with Crippen LogP contribution in [0.1, 0.15) is 11.3 Å². The Hall–Kier alpha value is -0.800. The number of alkyl halides is 1. The summed E-state index contributed by atoms with van der Waals surface area (Å²) in [4.78, 5) is 4.26. The van der Waals surface area contributed by atoms with Crippen LogP contribution >= 0.6 is 23.2 Å². The van der Waals surface area contributed by atoms with Crippen molar-refractivity contribution in [2.45, 2.75) is 12.8 Å². The van der Waals surface area contributed by atoms with Crippen molar-refractivity contribution in [2.75, 3.05) is 0 Å². The molecule has 0 aliphatic heterocycles. The summed E-state index contributed by atoms with van der Waals surface area (Å²) in [5.41, 5.74) is 2.52. The average Bonchev–Trinajstić information content (AvgIpc) is 2.44. The molecule has 0 atom stereocenters. The van der Waals surface area contributed by atoms with Crippen LogP contribution in [0.3, 0.4) is 0 Å². The van der Waals surface area contributed by atoms with E-state index in [9.17, 15) is 0 Å². The number of nitrogens with zero attached hydrogens (tertiary/aromatic N) is 3. The highest BCUT2D eigenvalue weighted by molar-refractivity contribution is 6.36. The number of halogens is 2. The first kappa shape index (κ1) is 9.74. The second-order valence-corrected chi connectivity index (χ2v) is 3.78. The summed E-state index contributed by atoms with van der Waals surface area (Å²) in [6.45, 7) is 1.91. The van der Waals surface area contributed by atoms with Gasteiger partial charge in [0.15, 0.2) is 5.65 Å². The summed E-state index contributed by atoms with van der Waals surface area (Å²) < 4.78 is 1.72. The molecule has 0 saturated carbocycles. The summed E-state index contributed by atoms with van der Waals surface area (Å²) in [5.74, 6) is 0.371. The number of rotatable bonds is 1. The predicted octanol–water partition coefficient (Wildman–Crippen LogP) is 2.67. The Morgan fingerprint density at radius 2 is 2.21 bits per heavy atom. The van der Waals surface area contributed by atoms with Gasteiger partial charge in [-0.25, -0.2) is 4.98 Å². The Bertz CT molecular complexity index is 490. The smallest absolute Gasteiger partial charge is 0.159 e. The van der Waals surface area contributed by atoms with E-state index in [2.05, 4.69) is 10.1 Å². The van der Waals surface area contributed by atoms with Gasteiger partial charge in [0, 0.05) is 18.8 Å². The van der Waals surface area contributed by atoms with Crippen molar-refractivity contribution in [3.05, 3.63) is 22.5 Å². The molecule has 2 rings (SSSR count). The van der Waals surface area contributed by atoms with E-state index in [-0.39, 0.29) is 0 Å². The molecule has 0 bridgehead atoms. The number of aryl methyl sites for hydroxylation is 2. The summed E-state index contributed by atoms with van der Waals surface area (Å²) >= 11 is 11.9. The lowest BCUT2D eigenvalue weighted by atomic mass is 10.2. The molecule has 3 nitrogen and oxygen atoms in total. The maximum atomic E-state index is 6.18. The maximum absolute atomic E-state index is 6.18. The zero-order valence-electron chi connectivity index (χ0n) is 7.88. The van der Waals surface area contributed by atoms with Crippen molar-refractivity contribution in [2.24, 2.45) is 7.05 Å². The van der Waals surface area contributed by atoms with Crippen molar-refractivity contribution in [1.29, 1.82) is 0 Å². The van der Waals surface area contributed by atoms with E-state index < -0.39 is 0 Å². The van der Waals surface area contributed by atoms with E-state index in [1.54, 1.807) is 10.9 Å². The van der Waals surface area contributed by atoms with Gasteiger partial charge in [-0.1, -0.05) is 11.6 Å². The molecule has 0 aromatic carbocycles. The van der Waals surface area contributed by atoms with E-state index in [0.29, 0.717) is 10.9 Å². The standard InChI is InChI=1S/C9H9Cl2N3/c1-5-7-8(11)6(3-10)4-12-9(7)14(2)13-5/h4H,3H2,1-2H3. The summed E-state index contributed by atoms with van der Waals surface area (Å²) in [6.07, 6.45) is 1.69. The largest absolute Gasteiger partial charge is 0.250 e. The molecule has 0 N–H and O–H groups in total. The van der Waals surface area contributed by atoms with Gasteiger partial charge in [0.1, 0.15) is 0 Å². The monoisotopic (exact) mass is 229 g/mol. The molecule has 14 heavy (non-hydrogen) atoms. The zero-order valence-corrected chi connectivity index (χ0v) is 9.39. The van der Waals surface area contributed by atoms with Crippen molar-refractivity contribution < 1.29 is 0 Å². The van der Waals surface area contributed by atoms with Gasteiger partial charge in [-0.3, -0.25) is 4.68 Å². The van der Waals surface area contributed by atoms with E-state index in [4.69, 9.17) is 23.2 Å². The summed E-state index contributed by atoms with van der Waals surface area (Å²) in [5, 5.41) is 5.81. The second kappa shape index (κ2) is 3.41. The fraction of sp³-hybridized carbons (Fsp3) is 0.333. The fourth-order valence-corrected chi connectivity index (χ4v) is 2.11. The minimum Gasteiger partial charge on any atom is -0.250 e. The highest BCUT2D eigenvalue weighted by Crippen LogP contribution is 2.28. The Morgan fingerprint density at radius 1 is 1.50 bits per heavy atom. The van der Waals surface area contributed by atoms with Crippen molar-refractivity contribution in [3.8, 4) is 0 Å². The Labute approximate surface area is 91.6 Å². The highest BCUT2D eigenvalue weighted by Gasteiger charge is 2.12. The lowest BCUT2D eigenvalue weighted by Crippen LogP contribution is -1.92. The summed E-state index contributed by atoms with van der Waals surface area (Å²) in [7, 11) is 1.85. The zero-order chi connectivity index (χ0) is 10.3. The second-order valence-electron chi connectivity index (χ2n) is 3.14. The molecule has 74 valence electrons. The van der Waals surface area contributed by atoms with Gasteiger partial charge in [0.25, 0.3) is 0 Å². The topological polar surface area (TPSA) is 30.7 Å². The van der Waals surface area contributed by atoms with Crippen LogP contribution in [0.2, 0.25) is 5.02 Å². The Balaban J connectivity index is 2.87. The Morgan fingerprint density at radius 3 is 2.86 bits per heavy atom. The van der Waals surface area contributed by atoms with Crippen LogP contribution in [0.5, 0.6) is 0 Å². The highest BCUT2D eigenvalue weighted by atomic mass is 35.5. The molecule has 0 amide bonds. The Kier molecular flexibility index (Phi) is 2.37. The van der Waals surface area contributed by atoms with Crippen LogP contribution in [-0.4, -0.2) is 14.8 Å². The minimum atomic E-state index is 0.371. The van der Waals surface area contributed by atoms with E-state index in [1.807, 2.05) is 14.0 Å². The predicted molar refractivity (Wildman–Crippen MR) is 57.8 cm³/mol. The normalized spacial score (nSPS) is 11.1. The maximum Gasteiger partial charge on any atom is 0.159 e. The minimum absolute atomic E-state index is 0.371. The van der Waals surface area contributed by atoms with Gasteiger partial charge in [-0.2, -0.15) is 5.10 Å². The molecule has 5 heteroatoms. The van der Waals surface area contributed by atoms with Crippen LogP contribution < -0.4 is 0 Å². The van der Waals surface area contributed by atoms with Crippen LogP contribution in [0.15, 0.2) is 6.20 Å². The van der Waals surface area contributed by atoms with Crippen LogP contribution in [-0.2, 0) is 12.9 Å². The number of hydrogen-bond acceptors (Lipinski definition) is 2. The SMILES string of the molecule is Cc1nn(C)c2ncc(CCl)c(Cl)c12. The van der Waals surface area contributed by atoms with Crippen LogP contribution in [0.4, 0.5) is 0 Å². The molecule has 0 aliphatic carbocycles. The number of pyridine rings is 1. The lowest BCUT2D eigenvalue weighted by molar-refractivity contribution is 0.773. The molecule has 2 aromatic rings. The van der Waals surface area contributed by atoms with Gasteiger partial charge in [0.2, 0.25) is 0 Å². The van der Waals surface area contributed by atoms with E-state index >= 15 is 0 Å². The third kappa shape index (κ3) is 1.28. The lowest BCUT2D eigenvalue weighted by Gasteiger charge is -2.00. The average molecular weight is 230 g/mol. The first-order valence-corrected chi connectivity index (χ1v) is 5.09. The fourth-order valence-electron chi connectivity index (χ4n) is 1.50. The number of aromatic nitrogens is 3. The molecule has 0 fully saturated rings. The molecule has 2 aromatic heterocycles. The van der Waals surface area contributed by atoms with Gasteiger partial charge >= 0.3 is 0 Å². The van der Waals surface area contributed by atoms with E-state index in [1.165, 1.54) is 0 Å². The molecular formula is C9H9Cl2N3. The molecule has 0 unspecified atom stereocenters. The quantitative estimate of drug-likeness (QED) is 0.705. The third-order valence-electron chi connectivity index (χ3n) is 2.18. The van der Waals surface area contributed by atoms with E-state index in [0.717, 1.165) is 22.3 Å². The van der Waals surface area contributed by atoms with Crippen molar-refractivity contribution in [3.63, 3.8) is 0 Å². The van der Waals surface area contributed by atoms with Gasteiger partial charge < -0.3 is 0 Å². The molecule has 0 radical (unpaired) electrons. The molecule has 0 spiro atoms. The van der Waals surface area contributed by atoms with Crippen molar-refractivity contribution in [1.82, 2.24) is 14.8 Å². The molecule has 2 heterocycles. The van der Waals surface area contributed by atoms with Crippen LogP contribution in [0, 0.1) is 6.92 Å². The first-order valence-electron chi connectivity index (χ1n) is 4.17. The molecular weight excluding hydrogens is 221 g/mol.